The van der Waals surface area contributed by atoms with Crippen LogP contribution >= 0.6 is 15.9 Å². The van der Waals surface area contributed by atoms with Crippen molar-refractivity contribution in [2.24, 2.45) is 5.73 Å². The normalized spacial score (nSPS) is 27.3. The largest absolute Gasteiger partial charge is 0.390 e. The fourth-order valence-corrected chi connectivity index (χ4v) is 2.08. The second-order valence-electron chi connectivity index (χ2n) is 3.86. The number of aromatic amines is 1. The molecule has 1 aliphatic heterocycles. The van der Waals surface area contributed by atoms with Crippen molar-refractivity contribution in [1.82, 2.24) is 9.55 Å². The Balaban J connectivity index is 2.35. The maximum absolute atomic E-state index is 11.6. The number of amides is 1. The van der Waals surface area contributed by atoms with Gasteiger partial charge in [-0.05, 0) is 15.9 Å². The van der Waals surface area contributed by atoms with Gasteiger partial charge in [-0.3, -0.25) is 19.1 Å². The molecule has 2 heterocycles. The number of nitrogens with zero attached hydrogens (tertiary/aromatic N) is 1. The van der Waals surface area contributed by atoms with Crippen molar-refractivity contribution in [3.63, 3.8) is 0 Å². The summed E-state index contributed by atoms with van der Waals surface area (Å²) in [6.07, 6.45) is -1.82. The number of nitrogens with two attached hydrogens (primary N) is 1. The van der Waals surface area contributed by atoms with Crippen LogP contribution in [0.3, 0.4) is 0 Å². The van der Waals surface area contributed by atoms with Crippen molar-refractivity contribution in [2.45, 2.75) is 24.9 Å². The molecule has 1 aromatic heterocycles. The minimum absolute atomic E-state index is 0.0337. The third-order valence-corrected chi connectivity index (χ3v) is 3.18. The van der Waals surface area contributed by atoms with Crippen molar-refractivity contribution in [3.8, 4) is 0 Å². The molecule has 1 aliphatic rings. The SMILES string of the molecule is NC(=O)[C@H]1O[C@@H](n2cc(Br)c(=O)[nH]c2=O)C[C@@H]1O. The molecule has 3 atom stereocenters. The van der Waals surface area contributed by atoms with Gasteiger partial charge in [-0.25, -0.2) is 4.79 Å². The predicted molar refractivity (Wildman–Crippen MR) is 62.8 cm³/mol. The molecule has 1 saturated heterocycles. The van der Waals surface area contributed by atoms with Crippen molar-refractivity contribution in [3.05, 3.63) is 31.5 Å². The van der Waals surface area contributed by atoms with Crippen LogP contribution in [-0.4, -0.2) is 32.8 Å². The number of halogens is 1. The second-order valence-corrected chi connectivity index (χ2v) is 4.71. The van der Waals surface area contributed by atoms with Crippen LogP contribution in [-0.2, 0) is 9.53 Å². The zero-order valence-electron chi connectivity index (χ0n) is 9.00. The van der Waals surface area contributed by atoms with E-state index in [-0.39, 0.29) is 10.9 Å². The van der Waals surface area contributed by atoms with E-state index in [0.29, 0.717) is 0 Å². The Bertz CT molecular complexity index is 595. The number of primary amides is 1. The van der Waals surface area contributed by atoms with E-state index in [1.165, 1.54) is 6.20 Å². The number of hydrogen-bond donors (Lipinski definition) is 3. The standard InChI is InChI=1S/C9H10BrN3O5/c10-3-2-13(9(17)12-8(3)16)5-1-4(14)6(18-5)7(11)15/h2,4-6,14H,1H2,(H2,11,15)(H,12,16,17)/t4-,5+,6-/m0/s1. The highest BCUT2D eigenvalue weighted by Gasteiger charge is 2.39. The lowest BCUT2D eigenvalue weighted by Gasteiger charge is -2.13. The lowest BCUT2D eigenvalue weighted by Crippen LogP contribution is -2.36. The summed E-state index contributed by atoms with van der Waals surface area (Å²) in [7, 11) is 0. The van der Waals surface area contributed by atoms with E-state index in [4.69, 9.17) is 10.5 Å². The molecule has 0 bridgehead atoms. The fraction of sp³-hybridized carbons (Fsp3) is 0.444. The van der Waals surface area contributed by atoms with E-state index in [9.17, 15) is 19.5 Å². The van der Waals surface area contributed by atoms with Crippen LogP contribution in [0.1, 0.15) is 12.6 Å². The summed E-state index contributed by atoms with van der Waals surface area (Å²) in [5, 5.41) is 9.58. The summed E-state index contributed by atoms with van der Waals surface area (Å²) in [5.74, 6) is -0.804. The van der Waals surface area contributed by atoms with Gasteiger partial charge in [0, 0.05) is 12.6 Å². The van der Waals surface area contributed by atoms with Crippen LogP contribution in [0.15, 0.2) is 20.3 Å². The monoisotopic (exact) mass is 319 g/mol. The summed E-state index contributed by atoms with van der Waals surface area (Å²) in [4.78, 5) is 35.8. The lowest BCUT2D eigenvalue weighted by molar-refractivity contribution is -0.134. The molecule has 98 valence electrons. The van der Waals surface area contributed by atoms with Crippen molar-refractivity contribution in [2.75, 3.05) is 0 Å². The third-order valence-electron chi connectivity index (χ3n) is 2.61. The minimum Gasteiger partial charge on any atom is -0.390 e. The van der Waals surface area contributed by atoms with Gasteiger partial charge in [0.1, 0.15) is 6.23 Å². The van der Waals surface area contributed by atoms with Gasteiger partial charge >= 0.3 is 5.69 Å². The molecule has 0 saturated carbocycles. The number of carbonyl (C=O) groups excluding carboxylic acids is 1. The zero-order chi connectivity index (χ0) is 13.4. The Hall–Kier alpha value is -1.45. The number of aromatic nitrogens is 2. The molecule has 18 heavy (non-hydrogen) atoms. The van der Waals surface area contributed by atoms with Crippen LogP contribution in [0.25, 0.3) is 0 Å². The molecule has 0 aliphatic carbocycles. The summed E-state index contributed by atoms with van der Waals surface area (Å²) in [5.41, 5.74) is 3.78. The second kappa shape index (κ2) is 4.67. The molecule has 0 spiro atoms. The molecular weight excluding hydrogens is 310 g/mol. The number of aliphatic hydroxyl groups is 1. The number of carbonyl (C=O) groups is 1. The molecule has 8 nitrogen and oxygen atoms in total. The minimum atomic E-state index is -1.16. The highest BCUT2D eigenvalue weighted by Crippen LogP contribution is 2.27. The van der Waals surface area contributed by atoms with Crippen molar-refractivity contribution < 1.29 is 14.6 Å². The first-order valence-electron chi connectivity index (χ1n) is 5.04. The van der Waals surface area contributed by atoms with E-state index >= 15 is 0 Å². The third kappa shape index (κ3) is 2.24. The van der Waals surface area contributed by atoms with Crippen LogP contribution in [0.2, 0.25) is 0 Å². The lowest BCUT2D eigenvalue weighted by atomic mass is 10.2. The molecule has 0 unspecified atom stereocenters. The van der Waals surface area contributed by atoms with Crippen LogP contribution in [0.4, 0.5) is 0 Å². The van der Waals surface area contributed by atoms with Crippen LogP contribution in [0, 0.1) is 0 Å². The summed E-state index contributed by atoms with van der Waals surface area (Å²) < 4.78 is 6.41. The Morgan fingerprint density at radius 2 is 2.28 bits per heavy atom. The Morgan fingerprint density at radius 3 is 2.83 bits per heavy atom. The van der Waals surface area contributed by atoms with Gasteiger partial charge in [0.05, 0.1) is 10.6 Å². The van der Waals surface area contributed by atoms with E-state index in [0.717, 1.165) is 4.57 Å². The van der Waals surface area contributed by atoms with Crippen molar-refractivity contribution in [1.29, 1.82) is 0 Å². The molecule has 1 aromatic rings. The maximum Gasteiger partial charge on any atom is 0.330 e. The molecule has 1 fully saturated rings. The van der Waals surface area contributed by atoms with Gasteiger partial charge < -0.3 is 15.6 Å². The first kappa shape index (κ1) is 13.0. The Labute approximate surface area is 108 Å². The van der Waals surface area contributed by atoms with Crippen LogP contribution < -0.4 is 17.0 Å². The summed E-state index contributed by atoms with van der Waals surface area (Å²) >= 11 is 2.97. The topological polar surface area (TPSA) is 127 Å². The summed E-state index contributed by atoms with van der Waals surface area (Å²) in [6.45, 7) is 0. The number of rotatable bonds is 2. The van der Waals surface area contributed by atoms with Crippen LogP contribution in [0.5, 0.6) is 0 Å². The molecule has 0 radical (unpaired) electrons. The van der Waals surface area contributed by atoms with Gasteiger partial charge in [-0.2, -0.15) is 0 Å². The maximum atomic E-state index is 11.6. The number of hydrogen-bond acceptors (Lipinski definition) is 5. The molecule has 9 heteroatoms. The Kier molecular flexibility index (Phi) is 3.37. The number of ether oxygens (including phenoxy) is 1. The molecular formula is C9H10BrN3O5. The molecule has 0 aromatic carbocycles. The highest BCUT2D eigenvalue weighted by atomic mass is 79.9. The van der Waals surface area contributed by atoms with E-state index in [1.807, 2.05) is 0 Å². The predicted octanol–water partition coefficient (Wildman–Crippen LogP) is -1.57. The van der Waals surface area contributed by atoms with Gasteiger partial charge in [-0.15, -0.1) is 0 Å². The highest BCUT2D eigenvalue weighted by molar-refractivity contribution is 9.10. The average molecular weight is 320 g/mol. The number of H-pyrrole nitrogens is 1. The van der Waals surface area contributed by atoms with Gasteiger partial charge in [0.25, 0.3) is 5.56 Å². The number of aliphatic hydroxyl groups excluding tert-OH is 1. The first-order chi connectivity index (χ1) is 8.40. The molecule has 2 rings (SSSR count). The first-order valence-corrected chi connectivity index (χ1v) is 5.83. The number of nitrogens with one attached hydrogen (secondary N) is 1. The Morgan fingerprint density at radius 1 is 1.61 bits per heavy atom. The van der Waals surface area contributed by atoms with Gasteiger partial charge in [0.15, 0.2) is 6.10 Å². The van der Waals surface area contributed by atoms with E-state index < -0.39 is 35.6 Å². The molecule has 4 N–H and O–H groups in total. The van der Waals surface area contributed by atoms with Crippen molar-refractivity contribution >= 4 is 21.8 Å². The van der Waals surface area contributed by atoms with E-state index in [1.54, 1.807) is 0 Å². The fourth-order valence-electron chi connectivity index (χ4n) is 1.76. The average Bonchev–Trinajstić information content (AvgIpc) is 2.65. The molecule has 1 amide bonds. The van der Waals surface area contributed by atoms with Gasteiger partial charge in [0.2, 0.25) is 5.91 Å². The summed E-state index contributed by atoms with van der Waals surface area (Å²) in [6, 6.07) is 0. The van der Waals surface area contributed by atoms with Gasteiger partial charge in [-0.1, -0.05) is 0 Å². The zero-order valence-corrected chi connectivity index (χ0v) is 10.6. The quantitative estimate of drug-likeness (QED) is 0.607. The van der Waals surface area contributed by atoms with E-state index in [2.05, 4.69) is 20.9 Å². The smallest absolute Gasteiger partial charge is 0.330 e.